The first kappa shape index (κ1) is 13.5. The highest BCUT2D eigenvalue weighted by molar-refractivity contribution is 5.76. The van der Waals surface area contributed by atoms with Gasteiger partial charge in [-0.25, -0.2) is 9.97 Å². The van der Waals surface area contributed by atoms with Crippen molar-refractivity contribution in [1.82, 2.24) is 14.5 Å². The van der Waals surface area contributed by atoms with Crippen molar-refractivity contribution >= 4 is 11.7 Å². The minimum Gasteiger partial charge on any atom is -0.506 e. The number of aryl methyl sites for hydroxylation is 1. The largest absolute Gasteiger partial charge is 0.506 e. The Morgan fingerprint density at radius 3 is 2.90 bits per heavy atom. The lowest BCUT2D eigenvalue weighted by molar-refractivity contribution is 0.509. The zero-order valence-electron chi connectivity index (χ0n) is 10.9. The molecular formula is C14H14N4O2. The number of aliphatic hydroxyl groups excluding tert-OH is 1. The molecular weight excluding hydrogens is 256 g/mol. The molecule has 20 heavy (non-hydrogen) atoms. The molecule has 2 heterocycles. The molecule has 0 aromatic carbocycles. The Kier molecular flexibility index (Phi) is 3.65. The number of anilines is 1. The van der Waals surface area contributed by atoms with E-state index in [0.29, 0.717) is 11.1 Å². The summed E-state index contributed by atoms with van der Waals surface area (Å²) in [7, 11) is 1.64. The minimum atomic E-state index is -0.127. The van der Waals surface area contributed by atoms with Crippen LogP contribution in [-0.2, 0) is 7.05 Å². The van der Waals surface area contributed by atoms with Crippen molar-refractivity contribution in [3.8, 4) is 11.1 Å². The second-order valence-corrected chi connectivity index (χ2v) is 4.15. The Morgan fingerprint density at radius 1 is 1.50 bits per heavy atom. The van der Waals surface area contributed by atoms with Gasteiger partial charge < -0.3 is 15.4 Å². The van der Waals surface area contributed by atoms with Crippen molar-refractivity contribution in [2.75, 3.05) is 5.73 Å². The molecule has 0 unspecified atom stereocenters. The first-order valence-electron chi connectivity index (χ1n) is 5.84. The molecule has 0 radical (unpaired) electrons. The van der Waals surface area contributed by atoms with E-state index in [2.05, 4.69) is 16.5 Å². The van der Waals surface area contributed by atoms with Crippen LogP contribution in [0.1, 0.15) is 5.69 Å². The third kappa shape index (κ3) is 2.59. The summed E-state index contributed by atoms with van der Waals surface area (Å²) >= 11 is 0. The van der Waals surface area contributed by atoms with Crippen molar-refractivity contribution in [2.24, 2.45) is 7.05 Å². The van der Waals surface area contributed by atoms with Gasteiger partial charge in [0.05, 0.1) is 0 Å². The van der Waals surface area contributed by atoms with Crippen molar-refractivity contribution in [3.05, 3.63) is 59.3 Å². The molecule has 3 N–H and O–H groups in total. The quantitative estimate of drug-likeness (QED) is 0.651. The highest BCUT2D eigenvalue weighted by atomic mass is 16.3. The van der Waals surface area contributed by atoms with E-state index in [4.69, 9.17) is 5.73 Å². The average molecular weight is 270 g/mol. The van der Waals surface area contributed by atoms with Crippen LogP contribution >= 0.6 is 0 Å². The molecule has 0 bridgehead atoms. The van der Waals surface area contributed by atoms with E-state index in [1.165, 1.54) is 29.0 Å². The van der Waals surface area contributed by atoms with Gasteiger partial charge in [0.1, 0.15) is 11.5 Å². The smallest absolute Gasteiger partial charge is 0.250 e. The van der Waals surface area contributed by atoms with E-state index >= 15 is 0 Å². The third-order valence-corrected chi connectivity index (χ3v) is 2.72. The van der Waals surface area contributed by atoms with Crippen molar-refractivity contribution < 1.29 is 5.11 Å². The second kappa shape index (κ2) is 5.40. The van der Waals surface area contributed by atoms with Crippen molar-refractivity contribution in [3.63, 3.8) is 0 Å². The van der Waals surface area contributed by atoms with Gasteiger partial charge in [0, 0.05) is 36.6 Å². The molecule has 2 rings (SSSR count). The summed E-state index contributed by atoms with van der Waals surface area (Å²) < 4.78 is 1.43. The van der Waals surface area contributed by atoms with Crippen LogP contribution in [0.3, 0.4) is 0 Å². The van der Waals surface area contributed by atoms with Gasteiger partial charge in [0.25, 0.3) is 0 Å². The number of aliphatic hydroxyl groups is 1. The second-order valence-electron chi connectivity index (χ2n) is 4.15. The Balaban J connectivity index is 2.67. The molecule has 2 aromatic rings. The van der Waals surface area contributed by atoms with Crippen molar-refractivity contribution in [1.29, 1.82) is 0 Å². The summed E-state index contributed by atoms with van der Waals surface area (Å²) in [5.41, 5.74) is 6.99. The molecule has 102 valence electrons. The minimum absolute atomic E-state index is 0.0533. The molecule has 0 atom stereocenters. The van der Waals surface area contributed by atoms with E-state index < -0.39 is 0 Å². The maximum Gasteiger partial charge on any atom is 0.250 e. The van der Waals surface area contributed by atoms with Crippen LogP contribution in [0.5, 0.6) is 0 Å². The molecule has 0 saturated carbocycles. The maximum absolute atomic E-state index is 11.4. The fourth-order valence-electron chi connectivity index (χ4n) is 1.75. The van der Waals surface area contributed by atoms with Crippen LogP contribution in [0.15, 0.2) is 48.1 Å². The van der Waals surface area contributed by atoms with Crippen LogP contribution in [0.2, 0.25) is 0 Å². The highest BCUT2D eigenvalue weighted by Gasteiger charge is 2.12. The predicted molar refractivity (Wildman–Crippen MR) is 77.9 cm³/mol. The number of nitrogen functional groups attached to an aromatic ring is 1. The molecule has 0 saturated heterocycles. The number of hydrogen-bond donors (Lipinski definition) is 2. The molecule has 0 aliphatic carbocycles. The Labute approximate surface area is 115 Å². The third-order valence-electron chi connectivity index (χ3n) is 2.72. The summed E-state index contributed by atoms with van der Waals surface area (Å²) in [6, 6.07) is 3.08. The van der Waals surface area contributed by atoms with E-state index in [1.807, 2.05) is 0 Å². The molecule has 0 spiro atoms. The van der Waals surface area contributed by atoms with E-state index in [0.717, 1.165) is 0 Å². The molecule has 0 aliphatic heterocycles. The number of pyridine rings is 1. The Bertz CT molecular complexity index is 747. The van der Waals surface area contributed by atoms with Gasteiger partial charge in [-0.1, -0.05) is 12.7 Å². The highest BCUT2D eigenvalue weighted by Crippen LogP contribution is 2.25. The van der Waals surface area contributed by atoms with Crippen LogP contribution in [-0.4, -0.2) is 19.6 Å². The maximum atomic E-state index is 11.4. The SMILES string of the molecule is C=C/C=C(\O)c1nc(N)ncc1-c1ccc(=O)n(C)c1. The normalized spacial score (nSPS) is 11.3. The van der Waals surface area contributed by atoms with Crippen LogP contribution < -0.4 is 11.3 Å². The lowest BCUT2D eigenvalue weighted by Crippen LogP contribution is -2.14. The first-order valence-corrected chi connectivity index (χ1v) is 5.84. The van der Waals surface area contributed by atoms with Crippen LogP contribution in [0.25, 0.3) is 16.9 Å². The van der Waals surface area contributed by atoms with Gasteiger partial charge in [0.15, 0.2) is 0 Å². The Hall–Kier alpha value is -2.89. The molecule has 0 aliphatic rings. The number of nitrogens with two attached hydrogens (primary N) is 1. The number of allylic oxidation sites excluding steroid dienone is 2. The number of nitrogens with zero attached hydrogens (tertiary/aromatic N) is 3. The summed E-state index contributed by atoms with van der Waals surface area (Å²) in [6.07, 6.45) is 6.00. The summed E-state index contributed by atoms with van der Waals surface area (Å²) in [5, 5.41) is 9.99. The van der Waals surface area contributed by atoms with Gasteiger partial charge in [-0.15, -0.1) is 0 Å². The first-order chi connectivity index (χ1) is 9.52. The number of rotatable bonds is 3. The van der Waals surface area contributed by atoms with Gasteiger partial charge in [-0.3, -0.25) is 4.79 Å². The van der Waals surface area contributed by atoms with Gasteiger partial charge in [-0.2, -0.15) is 0 Å². The standard InChI is InChI=1S/C14H14N4O2/c1-3-4-11(19)13-10(7-16-14(15)17-13)9-5-6-12(20)18(2)8-9/h3-8,19H,1H2,2H3,(H2,15,16,17)/b11-4-. The molecule has 0 amide bonds. The lowest BCUT2D eigenvalue weighted by Gasteiger charge is -2.09. The number of hydrogen-bond acceptors (Lipinski definition) is 5. The van der Waals surface area contributed by atoms with Crippen molar-refractivity contribution in [2.45, 2.75) is 0 Å². The number of aromatic nitrogens is 3. The summed E-state index contributed by atoms with van der Waals surface area (Å²) in [6.45, 7) is 3.52. The van der Waals surface area contributed by atoms with Gasteiger partial charge >= 0.3 is 0 Å². The molecule has 2 aromatic heterocycles. The summed E-state index contributed by atoms with van der Waals surface area (Å²) in [4.78, 5) is 19.4. The van der Waals surface area contributed by atoms with Gasteiger partial charge in [0.2, 0.25) is 11.5 Å². The van der Waals surface area contributed by atoms with Crippen LogP contribution in [0.4, 0.5) is 5.95 Å². The average Bonchev–Trinajstić information content (AvgIpc) is 2.42. The monoisotopic (exact) mass is 270 g/mol. The molecule has 6 heteroatoms. The molecule has 0 fully saturated rings. The zero-order chi connectivity index (χ0) is 14.7. The fraction of sp³-hybridized carbons (Fsp3) is 0.0714. The molecule has 6 nitrogen and oxygen atoms in total. The van der Waals surface area contributed by atoms with Gasteiger partial charge in [-0.05, 0) is 12.1 Å². The topological polar surface area (TPSA) is 94.0 Å². The van der Waals surface area contributed by atoms with Crippen LogP contribution in [0, 0.1) is 0 Å². The van der Waals surface area contributed by atoms with E-state index in [9.17, 15) is 9.90 Å². The fourth-order valence-corrected chi connectivity index (χ4v) is 1.75. The van der Waals surface area contributed by atoms with E-state index in [-0.39, 0.29) is 23.0 Å². The lowest BCUT2D eigenvalue weighted by atomic mass is 10.1. The summed E-state index contributed by atoms with van der Waals surface area (Å²) in [5.74, 6) is -0.0180. The Morgan fingerprint density at radius 2 is 2.25 bits per heavy atom. The predicted octanol–water partition coefficient (Wildman–Crippen LogP) is 1.51. The van der Waals surface area contributed by atoms with E-state index in [1.54, 1.807) is 19.3 Å². The zero-order valence-corrected chi connectivity index (χ0v) is 10.9.